The van der Waals surface area contributed by atoms with Crippen molar-refractivity contribution in [3.8, 4) is 29.0 Å². The number of hydrogen-bond donors (Lipinski definition) is 2. The predicted molar refractivity (Wildman–Crippen MR) is 139 cm³/mol. The van der Waals surface area contributed by atoms with Crippen LogP contribution < -0.4 is 10.5 Å². The van der Waals surface area contributed by atoms with Gasteiger partial charge >= 0.3 is 0 Å². The van der Waals surface area contributed by atoms with Crippen molar-refractivity contribution in [1.82, 2.24) is 14.5 Å². The zero-order valence-electron chi connectivity index (χ0n) is 20.6. The van der Waals surface area contributed by atoms with Crippen molar-refractivity contribution in [3.05, 3.63) is 70.0 Å². The van der Waals surface area contributed by atoms with E-state index in [9.17, 15) is 14.7 Å². The van der Waals surface area contributed by atoms with Gasteiger partial charge in [0, 0.05) is 30.8 Å². The van der Waals surface area contributed by atoms with Gasteiger partial charge in [0.15, 0.2) is 11.8 Å². The molecule has 1 saturated carbocycles. The van der Waals surface area contributed by atoms with Crippen molar-refractivity contribution in [2.24, 2.45) is 5.73 Å². The van der Waals surface area contributed by atoms with Gasteiger partial charge in [0.25, 0.3) is 11.8 Å². The normalized spacial score (nSPS) is 17.7. The van der Waals surface area contributed by atoms with E-state index in [1.165, 1.54) is 4.90 Å². The first-order valence-electron chi connectivity index (χ1n) is 12.2. The summed E-state index contributed by atoms with van der Waals surface area (Å²) in [6.45, 7) is 2.39. The average molecular weight is 519 g/mol. The van der Waals surface area contributed by atoms with Crippen LogP contribution in [0.5, 0.6) is 5.75 Å². The van der Waals surface area contributed by atoms with Gasteiger partial charge in [0.1, 0.15) is 18.2 Å². The van der Waals surface area contributed by atoms with Gasteiger partial charge in [-0.3, -0.25) is 9.59 Å². The number of aromatic nitrogens is 2. The summed E-state index contributed by atoms with van der Waals surface area (Å²) in [7, 11) is 1.62. The van der Waals surface area contributed by atoms with Gasteiger partial charge in [0.05, 0.1) is 10.7 Å². The molecule has 190 valence electrons. The first-order valence-corrected chi connectivity index (χ1v) is 12.5. The van der Waals surface area contributed by atoms with E-state index in [1.54, 1.807) is 19.2 Å². The minimum atomic E-state index is -1.41. The molecule has 1 aromatic heterocycles. The highest BCUT2D eigenvalue weighted by atomic mass is 35.5. The number of benzene rings is 2. The molecule has 3 aromatic rings. The average Bonchev–Trinajstić information content (AvgIpc) is 3.12. The first-order chi connectivity index (χ1) is 17.8. The summed E-state index contributed by atoms with van der Waals surface area (Å²) in [6.07, 6.45) is 0.415. The molecule has 9 heteroatoms. The number of nitrogens with two attached hydrogens (primary N) is 1. The standard InChI is InChI=1S/C28H27ClN4O4/c1-3-32(2)28(36)23(34)11-9-16-8-10-19-17-13-18(14-17)33-22(15-37-24-7-5-4-6-21(24)29)25(26(30)35)31-27(33)20(19)12-16/h4-8,10,12,17-18,23,34H,3,13-15H2,1-2H3,(H2,30,35). The van der Waals surface area contributed by atoms with Crippen molar-refractivity contribution in [3.63, 3.8) is 0 Å². The van der Waals surface area contributed by atoms with E-state index in [1.807, 2.05) is 37.3 Å². The van der Waals surface area contributed by atoms with E-state index in [0.717, 1.165) is 24.0 Å². The Bertz CT molecular complexity index is 1450. The summed E-state index contributed by atoms with van der Waals surface area (Å²) < 4.78 is 8.05. The van der Waals surface area contributed by atoms with Crippen LogP contribution in [0.15, 0.2) is 42.5 Å². The Hall–Kier alpha value is -3.80. The summed E-state index contributed by atoms with van der Waals surface area (Å²) in [5.74, 6) is 5.99. The Morgan fingerprint density at radius 3 is 2.76 bits per heavy atom. The van der Waals surface area contributed by atoms with E-state index in [4.69, 9.17) is 22.1 Å². The monoisotopic (exact) mass is 518 g/mol. The molecule has 2 aromatic carbocycles. The molecule has 8 nitrogen and oxygen atoms in total. The van der Waals surface area contributed by atoms with Crippen molar-refractivity contribution in [1.29, 1.82) is 0 Å². The van der Waals surface area contributed by atoms with Crippen LogP contribution in [0, 0.1) is 11.8 Å². The number of likely N-dealkylation sites (N-methyl/N-ethyl adjacent to an activating group) is 1. The zero-order valence-corrected chi connectivity index (χ0v) is 21.3. The van der Waals surface area contributed by atoms with Crippen LogP contribution in [0.1, 0.15) is 59.0 Å². The van der Waals surface area contributed by atoms with Crippen molar-refractivity contribution in [2.75, 3.05) is 13.6 Å². The van der Waals surface area contributed by atoms with Crippen LogP contribution in [-0.4, -0.2) is 51.1 Å². The number of hydrogen-bond acceptors (Lipinski definition) is 5. The highest BCUT2D eigenvalue weighted by molar-refractivity contribution is 6.32. The van der Waals surface area contributed by atoms with Crippen LogP contribution in [0.2, 0.25) is 5.02 Å². The van der Waals surface area contributed by atoms with E-state index < -0.39 is 17.9 Å². The minimum absolute atomic E-state index is 0.0876. The number of amides is 2. The molecule has 0 saturated heterocycles. The maximum Gasteiger partial charge on any atom is 0.269 e. The van der Waals surface area contributed by atoms with Gasteiger partial charge in [0.2, 0.25) is 0 Å². The molecular formula is C28H27ClN4O4. The van der Waals surface area contributed by atoms with Crippen LogP contribution in [0.3, 0.4) is 0 Å². The molecule has 3 aliphatic rings. The molecule has 2 amide bonds. The topological polar surface area (TPSA) is 111 Å². The second-order valence-corrected chi connectivity index (χ2v) is 9.74. The molecule has 3 N–H and O–H groups in total. The number of carbonyl (C=O) groups excluding carboxylic acids is 2. The minimum Gasteiger partial charge on any atom is -0.486 e. The number of imidazole rings is 1. The third kappa shape index (κ3) is 4.57. The number of aliphatic hydroxyl groups is 1. The van der Waals surface area contributed by atoms with Crippen LogP contribution in [0.4, 0.5) is 0 Å². The zero-order chi connectivity index (χ0) is 26.3. The van der Waals surface area contributed by atoms with Gasteiger partial charge in [-0.25, -0.2) is 4.98 Å². The third-order valence-corrected chi connectivity index (χ3v) is 7.41. The first kappa shape index (κ1) is 24.9. The molecular weight excluding hydrogens is 492 g/mol. The lowest BCUT2D eigenvalue weighted by Crippen LogP contribution is -2.35. The van der Waals surface area contributed by atoms with Gasteiger partial charge in [-0.15, -0.1) is 0 Å². The molecule has 37 heavy (non-hydrogen) atoms. The lowest BCUT2D eigenvalue weighted by molar-refractivity contribution is -0.135. The Labute approximate surface area is 220 Å². The van der Waals surface area contributed by atoms with Gasteiger partial charge in [-0.2, -0.15) is 0 Å². The number of primary amides is 1. The van der Waals surface area contributed by atoms with Gasteiger partial charge in [-0.1, -0.05) is 41.6 Å². The second-order valence-electron chi connectivity index (χ2n) is 9.33. The molecule has 1 fully saturated rings. The lowest BCUT2D eigenvalue weighted by Gasteiger charge is -2.35. The molecule has 3 heterocycles. The van der Waals surface area contributed by atoms with Gasteiger partial charge in [-0.05, 0) is 55.5 Å². The molecule has 0 radical (unpaired) electrons. The number of aliphatic hydroxyl groups excluding tert-OH is 1. The van der Waals surface area contributed by atoms with E-state index >= 15 is 0 Å². The summed E-state index contributed by atoms with van der Waals surface area (Å²) in [4.78, 5) is 30.7. The molecule has 6 rings (SSSR count). The Morgan fingerprint density at radius 1 is 1.30 bits per heavy atom. The maximum atomic E-state index is 12.4. The molecule has 2 bridgehead atoms. The van der Waals surface area contributed by atoms with Crippen molar-refractivity contribution in [2.45, 2.75) is 44.4 Å². The fourth-order valence-electron chi connectivity index (χ4n) is 4.91. The predicted octanol–water partition coefficient (Wildman–Crippen LogP) is 3.50. The van der Waals surface area contributed by atoms with Crippen LogP contribution in [-0.2, 0) is 11.4 Å². The molecule has 2 aliphatic heterocycles. The van der Waals surface area contributed by atoms with Gasteiger partial charge < -0.3 is 25.0 Å². The summed E-state index contributed by atoms with van der Waals surface area (Å²) >= 11 is 6.26. The molecule has 1 unspecified atom stereocenters. The smallest absolute Gasteiger partial charge is 0.269 e. The fourth-order valence-corrected chi connectivity index (χ4v) is 5.10. The largest absolute Gasteiger partial charge is 0.486 e. The van der Waals surface area contributed by atoms with Crippen molar-refractivity contribution < 1.29 is 19.4 Å². The Kier molecular flexibility index (Phi) is 6.67. The third-order valence-electron chi connectivity index (χ3n) is 7.09. The fraction of sp³-hybridized carbons (Fsp3) is 0.321. The SMILES string of the molecule is CCN(C)C(=O)C(O)C#Cc1ccc2c(c1)-c1nc(C(N)=O)c(COc3ccccc3Cl)n1C1CC2C1. The summed E-state index contributed by atoms with van der Waals surface area (Å²) in [5, 5.41) is 10.7. The van der Waals surface area contributed by atoms with Crippen LogP contribution >= 0.6 is 11.6 Å². The molecule has 0 spiro atoms. The lowest BCUT2D eigenvalue weighted by atomic mass is 9.75. The highest BCUT2D eigenvalue weighted by Crippen LogP contribution is 2.53. The molecule has 1 atom stereocenters. The number of para-hydroxylation sites is 1. The number of carbonyl (C=O) groups is 2. The number of halogens is 1. The van der Waals surface area contributed by atoms with E-state index in [-0.39, 0.29) is 18.3 Å². The van der Waals surface area contributed by atoms with Crippen molar-refractivity contribution >= 4 is 23.4 Å². The summed E-state index contributed by atoms with van der Waals surface area (Å²) in [6, 6.07) is 13.1. The number of nitrogens with zero attached hydrogens (tertiary/aromatic N) is 3. The Balaban J connectivity index is 1.53. The van der Waals surface area contributed by atoms with E-state index in [0.29, 0.717) is 40.3 Å². The van der Waals surface area contributed by atoms with E-state index in [2.05, 4.69) is 21.4 Å². The molecule has 1 aliphatic carbocycles. The maximum absolute atomic E-state index is 12.4. The number of ether oxygens (including phenoxy) is 1. The quantitative estimate of drug-likeness (QED) is 0.485. The number of rotatable bonds is 6. The highest BCUT2D eigenvalue weighted by Gasteiger charge is 2.41. The van der Waals surface area contributed by atoms with Crippen LogP contribution in [0.25, 0.3) is 11.4 Å². The summed E-state index contributed by atoms with van der Waals surface area (Å²) in [5.41, 5.74) is 9.13. The second kappa shape index (κ2) is 9.92. The Morgan fingerprint density at radius 2 is 2.05 bits per heavy atom.